The van der Waals surface area contributed by atoms with Crippen molar-refractivity contribution >= 4 is 27.5 Å². The van der Waals surface area contributed by atoms with Gasteiger partial charge in [0.1, 0.15) is 0 Å². The van der Waals surface area contributed by atoms with Crippen molar-refractivity contribution in [2.45, 2.75) is 13.0 Å². The molecule has 0 bridgehead atoms. The second-order valence-electron chi connectivity index (χ2n) is 3.00. The van der Waals surface area contributed by atoms with Gasteiger partial charge in [-0.1, -0.05) is 24.6 Å². The SMILES string of the molecule is CCNCC(O)c1ccc(Br)c(Cl)c1. The molecule has 0 aliphatic carbocycles. The zero-order chi connectivity index (χ0) is 10.6. The summed E-state index contributed by atoms with van der Waals surface area (Å²) in [6, 6.07) is 5.47. The van der Waals surface area contributed by atoms with Crippen LogP contribution in [0.25, 0.3) is 0 Å². The van der Waals surface area contributed by atoms with E-state index in [2.05, 4.69) is 21.2 Å². The summed E-state index contributed by atoms with van der Waals surface area (Å²) >= 11 is 9.22. The van der Waals surface area contributed by atoms with Gasteiger partial charge in [-0.3, -0.25) is 0 Å². The van der Waals surface area contributed by atoms with Gasteiger partial charge in [0, 0.05) is 11.0 Å². The molecule has 4 heteroatoms. The van der Waals surface area contributed by atoms with Gasteiger partial charge < -0.3 is 10.4 Å². The fourth-order valence-electron chi connectivity index (χ4n) is 1.12. The summed E-state index contributed by atoms with van der Waals surface area (Å²) < 4.78 is 0.846. The number of aliphatic hydroxyl groups is 1. The Balaban J connectivity index is 2.70. The van der Waals surface area contributed by atoms with Crippen LogP contribution >= 0.6 is 27.5 Å². The Morgan fingerprint density at radius 3 is 2.86 bits per heavy atom. The van der Waals surface area contributed by atoms with Crippen LogP contribution in [-0.4, -0.2) is 18.2 Å². The lowest BCUT2D eigenvalue weighted by Crippen LogP contribution is -2.20. The molecule has 0 amide bonds. The molecule has 0 radical (unpaired) electrons. The number of benzene rings is 1. The molecule has 0 saturated carbocycles. The van der Waals surface area contributed by atoms with E-state index in [9.17, 15) is 5.11 Å². The summed E-state index contributed by atoms with van der Waals surface area (Å²) in [5, 5.41) is 13.4. The van der Waals surface area contributed by atoms with Crippen molar-refractivity contribution in [3.8, 4) is 0 Å². The van der Waals surface area contributed by atoms with Gasteiger partial charge in [0.2, 0.25) is 0 Å². The molecule has 0 fully saturated rings. The van der Waals surface area contributed by atoms with E-state index in [1.165, 1.54) is 0 Å². The highest BCUT2D eigenvalue weighted by molar-refractivity contribution is 9.10. The minimum Gasteiger partial charge on any atom is -0.387 e. The number of hydrogen-bond acceptors (Lipinski definition) is 2. The van der Waals surface area contributed by atoms with E-state index in [-0.39, 0.29) is 0 Å². The fraction of sp³-hybridized carbons (Fsp3) is 0.400. The van der Waals surface area contributed by atoms with Crippen LogP contribution in [0.4, 0.5) is 0 Å². The molecule has 1 rings (SSSR count). The van der Waals surface area contributed by atoms with Crippen LogP contribution in [0.2, 0.25) is 5.02 Å². The summed E-state index contributed by atoms with van der Waals surface area (Å²) in [6.07, 6.45) is -0.499. The Bertz CT molecular complexity index is 306. The molecule has 2 nitrogen and oxygen atoms in total. The zero-order valence-electron chi connectivity index (χ0n) is 7.93. The molecule has 0 aromatic heterocycles. The van der Waals surface area contributed by atoms with Gasteiger partial charge in [0.15, 0.2) is 0 Å². The molecular weight excluding hydrogens is 265 g/mol. The first-order valence-electron chi connectivity index (χ1n) is 4.49. The first-order valence-corrected chi connectivity index (χ1v) is 5.66. The predicted molar refractivity (Wildman–Crippen MR) is 62.7 cm³/mol. The highest BCUT2D eigenvalue weighted by atomic mass is 79.9. The van der Waals surface area contributed by atoms with Crippen molar-refractivity contribution in [1.82, 2.24) is 5.32 Å². The van der Waals surface area contributed by atoms with Crippen LogP contribution in [-0.2, 0) is 0 Å². The normalized spacial score (nSPS) is 12.9. The highest BCUT2D eigenvalue weighted by Crippen LogP contribution is 2.25. The lowest BCUT2D eigenvalue weighted by Gasteiger charge is -2.11. The quantitative estimate of drug-likeness (QED) is 0.887. The van der Waals surface area contributed by atoms with Gasteiger partial charge >= 0.3 is 0 Å². The topological polar surface area (TPSA) is 32.3 Å². The monoisotopic (exact) mass is 277 g/mol. The second-order valence-corrected chi connectivity index (χ2v) is 4.26. The summed E-state index contributed by atoms with van der Waals surface area (Å²) in [5.41, 5.74) is 0.833. The van der Waals surface area contributed by atoms with Crippen molar-refractivity contribution in [1.29, 1.82) is 0 Å². The standard InChI is InChI=1S/C10H13BrClNO/c1-2-13-6-10(14)7-3-4-8(11)9(12)5-7/h3-5,10,13-14H,2,6H2,1H3. The number of aliphatic hydroxyl groups excluding tert-OH is 1. The Morgan fingerprint density at radius 2 is 2.29 bits per heavy atom. The minimum atomic E-state index is -0.499. The van der Waals surface area contributed by atoms with E-state index in [4.69, 9.17) is 11.6 Å². The molecule has 0 aliphatic heterocycles. The molecule has 0 aliphatic rings. The van der Waals surface area contributed by atoms with Gasteiger partial charge in [-0.25, -0.2) is 0 Å². The average molecular weight is 279 g/mol. The lowest BCUT2D eigenvalue weighted by molar-refractivity contribution is 0.175. The molecule has 2 N–H and O–H groups in total. The molecule has 0 heterocycles. The third kappa shape index (κ3) is 3.24. The van der Waals surface area contributed by atoms with Crippen molar-refractivity contribution in [2.75, 3.05) is 13.1 Å². The molecule has 14 heavy (non-hydrogen) atoms. The number of hydrogen-bond donors (Lipinski definition) is 2. The van der Waals surface area contributed by atoms with E-state index < -0.39 is 6.10 Å². The fourth-order valence-corrected chi connectivity index (χ4v) is 1.55. The second kappa shape index (κ2) is 5.71. The van der Waals surface area contributed by atoms with Crippen LogP contribution in [0.1, 0.15) is 18.6 Å². The number of halogens is 2. The van der Waals surface area contributed by atoms with Gasteiger partial charge in [-0.05, 0) is 40.2 Å². The lowest BCUT2D eigenvalue weighted by atomic mass is 10.1. The van der Waals surface area contributed by atoms with Crippen molar-refractivity contribution < 1.29 is 5.11 Å². The third-order valence-corrected chi connectivity index (χ3v) is 3.15. The number of likely N-dealkylation sites (N-methyl/N-ethyl adjacent to an activating group) is 1. The van der Waals surface area contributed by atoms with Crippen LogP contribution in [0.3, 0.4) is 0 Å². The molecule has 0 saturated heterocycles. The van der Waals surface area contributed by atoms with E-state index in [0.29, 0.717) is 11.6 Å². The first kappa shape index (κ1) is 12.0. The van der Waals surface area contributed by atoms with Crippen molar-refractivity contribution in [3.63, 3.8) is 0 Å². The minimum absolute atomic E-state index is 0.499. The average Bonchev–Trinajstić information content (AvgIpc) is 2.18. The van der Waals surface area contributed by atoms with Gasteiger partial charge in [-0.15, -0.1) is 0 Å². The Morgan fingerprint density at radius 1 is 1.57 bits per heavy atom. The Hall–Kier alpha value is -0.0900. The summed E-state index contributed by atoms with van der Waals surface area (Å²) in [5.74, 6) is 0. The third-order valence-electron chi connectivity index (χ3n) is 1.92. The molecule has 0 spiro atoms. The summed E-state index contributed by atoms with van der Waals surface area (Å²) in [7, 11) is 0. The van der Waals surface area contributed by atoms with E-state index in [0.717, 1.165) is 16.6 Å². The van der Waals surface area contributed by atoms with E-state index >= 15 is 0 Å². The maximum absolute atomic E-state index is 9.73. The Kier molecular flexibility index (Phi) is 4.89. The first-order chi connectivity index (χ1) is 6.65. The van der Waals surface area contributed by atoms with Gasteiger partial charge in [0.05, 0.1) is 11.1 Å². The maximum Gasteiger partial charge on any atom is 0.0914 e. The molecule has 1 unspecified atom stereocenters. The largest absolute Gasteiger partial charge is 0.387 e. The Labute approximate surface area is 97.4 Å². The number of nitrogens with one attached hydrogen (secondary N) is 1. The molecular formula is C10H13BrClNO. The molecule has 1 aromatic rings. The number of rotatable bonds is 4. The highest BCUT2D eigenvalue weighted by Gasteiger charge is 2.08. The van der Waals surface area contributed by atoms with Crippen LogP contribution in [0.15, 0.2) is 22.7 Å². The van der Waals surface area contributed by atoms with Crippen LogP contribution < -0.4 is 5.32 Å². The maximum atomic E-state index is 9.73. The van der Waals surface area contributed by atoms with Crippen LogP contribution in [0.5, 0.6) is 0 Å². The van der Waals surface area contributed by atoms with Crippen LogP contribution in [0, 0.1) is 0 Å². The molecule has 1 atom stereocenters. The predicted octanol–water partition coefficient (Wildman–Crippen LogP) is 2.75. The van der Waals surface area contributed by atoms with Crippen molar-refractivity contribution in [3.05, 3.63) is 33.3 Å². The summed E-state index contributed by atoms with van der Waals surface area (Å²) in [6.45, 7) is 3.40. The van der Waals surface area contributed by atoms with Gasteiger partial charge in [0.25, 0.3) is 0 Å². The van der Waals surface area contributed by atoms with E-state index in [1.807, 2.05) is 19.1 Å². The van der Waals surface area contributed by atoms with Crippen molar-refractivity contribution in [2.24, 2.45) is 0 Å². The summed E-state index contributed by atoms with van der Waals surface area (Å²) in [4.78, 5) is 0. The molecule has 78 valence electrons. The van der Waals surface area contributed by atoms with Gasteiger partial charge in [-0.2, -0.15) is 0 Å². The van der Waals surface area contributed by atoms with E-state index in [1.54, 1.807) is 6.07 Å². The molecule has 1 aromatic carbocycles. The zero-order valence-corrected chi connectivity index (χ0v) is 10.3. The smallest absolute Gasteiger partial charge is 0.0914 e.